The highest BCUT2D eigenvalue weighted by molar-refractivity contribution is 6.42. The smallest absolute Gasteiger partial charge is 0.313 e. The Morgan fingerprint density at radius 2 is 2.00 bits per heavy atom. The molecule has 1 aromatic rings. The fraction of sp³-hybridized carbons (Fsp3) is 0.385. The molecule has 0 atom stereocenters. The fourth-order valence-electron chi connectivity index (χ4n) is 1.44. The van der Waals surface area contributed by atoms with Crippen molar-refractivity contribution < 1.29 is 9.59 Å². The monoisotopic (exact) mass is 302 g/mol. The van der Waals surface area contributed by atoms with Gasteiger partial charge in [-0.05, 0) is 24.6 Å². The lowest BCUT2D eigenvalue weighted by molar-refractivity contribution is -0.142. The van der Waals surface area contributed by atoms with Crippen LogP contribution in [0.2, 0.25) is 10.0 Å². The Morgan fingerprint density at radius 3 is 2.58 bits per heavy atom. The fourth-order valence-corrected chi connectivity index (χ4v) is 1.89. The highest BCUT2D eigenvalue weighted by Gasteiger charge is 2.19. The molecule has 2 amide bonds. The first-order valence-corrected chi connectivity index (χ1v) is 6.72. The third-order valence-corrected chi connectivity index (χ3v) is 3.12. The van der Waals surface area contributed by atoms with Crippen molar-refractivity contribution in [3.63, 3.8) is 0 Å². The summed E-state index contributed by atoms with van der Waals surface area (Å²) in [7, 11) is 1.60. The van der Waals surface area contributed by atoms with Crippen molar-refractivity contribution in [1.29, 1.82) is 0 Å². The maximum Gasteiger partial charge on any atom is 0.313 e. The number of hydrogen-bond acceptors (Lipinski definition) is 2. The molecule has 0 bridgehead atoms. The molecular weight excluding hydrogens is 287 g/mol. The van der Waals surface area contributed by atoms with Gasteiger partial charge in [0.1, 0.15) is 0 Å². The number of nitrogens with zero attached hydrogens (tertiary/aromatic N) is 1. The van der Waals surface area contributed by atoms with Crippen LogP contribution in [0.3, 0.4) is 0 Å². The van der Waals surface area contributed by atoms with Crippen LogP contribution in [0.1, 0.15) is 19.8 Å². The molecule has 0 radical (unpaired) electrons. The van der Waals surface area contributed by atoms with Crippen LogP contribution in [0.25, 0.3) is 0 Å². The molecule has 6 heteroatoms. The van der Waals surface area contributed by atoms with Crippen LogP contribution in [-0.2, 0) is 9.59 Å². The SMILES string of the molecule is CCCCN(C)C(=O)C(=O)Nc1ccc(Cl)cc1Cl. The van der Waals surface area contributed by atoms with Gasteiger partial charge in [-0.25, -0.2) is 0 Å². The van der Waals surface area contributed by atoms with Crippen molar-refractivity contribution >= 4 is 40.7 Å². The lowest BCUT2D eigenvalue weighted by Gasteiger charge is -2.16. The number of likely N-dealkylation sites (N-methyl/N-ethyl adjacent to an activating group) is 1. The largest absolute Gasteiger partial charge is 0.338 e. The third kappa shape index (κ3) is 4.73. The van der Waals surface area contributed by atoms with Crippen LogP contribution < -0.4 is 5.32 Å². The van der Waals surface area contributed by atoms with E-state index in [9.17, 15) is 9.59 Å². The Morgan fingerprint density at radius 1 is 1.32 bits per heavy atom. The number of benzene rings is 1. The number of anilines is 1. The average molecular weight is 303 g/mol. The molecule has 1 N–H and O–H groups in total. The van der Waals surface area contributed by atoms with E-state index >= 15 is 0 Å². The Labute approximate surface area is 122 Å². The highest BCUT2D eigenvalue weighted by Crippen LogP contribution is 2.25. The summed E-state index contributed by atoms with van der Waals surface area (Å²) in [6, 6.07) is 4.65. The molecule has 0 unspecified atom stereocenters. The zero-order valence-electron chi connectivity index (χ0n) is 10.9. The van der Waals surface area contributed by atoms with Crippen LogP contribution in [0.5, 0.6) is 0 Å². The molecule has 0 saturated carbocycles. The van der Waals surface area contributed by atoms with Crippen molar-refractivity contribution in [3.05, 3.63) is 28.2 Å². The quantitative estimate of drug-likeness (QED) is 0.868. The first kappa shape index (κ1) is 15.8. The van der Waals surface area contributed by atoms with E-state index < -0.39 is 11.8 Å². The lowest BCUT2D eigenvalue weighted by atomic mass is 10.3. The van der Waals surface area contributed by atoms with Gasteiger partial charge < -0.3 is 10.2 Å². The van der Waals surface area contributed by atoms with Crippen LogP contribution in [-0.4, -0.2) is 30.3 Å². The first-order valence-electron chi connectivity index (χ1n) is 5.97. The minimum Gasteiger partial charge on any atom is -0.338 e. The highest BCUT2D eigenvalue weighted by atomic mass is 35.5. The zero-order chi connectivity index (χ0) is 14.4. The number of amides is 2. The summed E-state index contributed by atoms with van der Waals surface area (Å²) in [6.07, 6.45) is 1.82. The minimum atomic E-state index is -0.706. The zero-order valence-corrected chi connectivity index (χ0v) is 12.4. The summed E-state index contributed by atoms with van der Waals surface area (Å²) in [6.45, 7) is 2.57. The van der Waals surface area contributed by atoms with Gasteiger partial charge in [0.15, 0.2) is 0 Å². The summed E-state index contributed by atoms with van der Waals surface area (Å²) in [5, 5.41) is 3.24. The number of nitrogens with one attached hydrogen (secondary N) is 1. The van der Waals surface area contributed by atoms with E-state index in [-0.39, 0.29) is 0 Å². The van der Waals surface area contributed by atoms with E-state index in [4.69, 9.17) is 23.2 Å². The number of hydrogen-bond donors (Lipinski definition) is 1. The topological polar surface area (TPSA) is 49.4 Å². The van der Waals surface area contributed by atoms with Gasteiger partial charge in [-0.1, -0.05) is 36.5 Å². The van der Waals surface area contributed by atoms with Gasteiger partial charge in [-0.2, -0.15) is 0 Å². The lowest BCUT2D eigenvalue weighted by Crippen LogP contribution is -2.37. The molecule has 0 aliphatic carbocycles. The first-order chi connectivity index (χ1) is 8.95. The van der Waals surface area contributed by atoms with Crippen LogP contribution in [0, 0.1) is 0 Å². The predicted octanol–water partition coefficient (Wildman–Crippen LogP) is 3.19. The molecule has 1 rings (SSSR count). The molecule has 0 aliphatic heterocycles. The molecule has 0 spiro atoms. The molecule has 104 valence electrons. The molecular formula is C13H16Cl2N2O2. The van der Waals surface area contributed by atoms with Crippen LogP contribution >= 0.6 is 23.2 Å². The van der Waals surface area contributed by atoms with E-state index in [0.717, 1.165) is 12.8 Å². The van der Waals surface area contributed by atoms with Crippen molar-refractivity contribution in [2.45, 2.75) is 19.8 Å². The molecule has 0 heterocycles. The standard InChI is InChI=1S/C13H16Cl2N2O2/c1-3-4-7-17(2)13(19)12(18)16-11-6-5-9(14)8-10(11)15/h5-6,8H,3-4,7H2,1-2H3,(H,16,18). The van der Waals surface area contributed by atoms with E-state index in [1.165, 1.54) is 11.0 Å². The summed E-state index contributed by atoms with van der Waals surface area (Å²) < 4.78 is 0. The van der Waals surface area contributed by atoms with Crippen molar-refractivity contribution in [1.82, 2.24) is 4.90 Å². The van der Waals surface area contributed by atoms with E-state index in [1.54, 1.807) is 19.2 Å². The van der Waals surface area contributed by atoms with Gasteiger partial charge in [0, 0.05) is 18.6 Å². The molecule has 0 aromatic heterocycles. The summed E-state index contributed by atoms with van der Waals surface area (Å²) in [4.78, 5) is 24.9. The molecule has 19 heavy (non-hydrogen) atoms. The average Bonchev–Trinajstić information content (AvgIpc) is 2.38. The maximum absolute atomic E-state index is 11.8. The molecule has 0 fully saturated rings. The van der Waals surface area contributed by atoms with E-state index in [0.29, 0.717) is 22.3 Å². The summed E-state index contributed by atoms with van der Waals surface area (Å²) >= 11 is 11.7. The number of carbonyl (C=O) groups is 2. The minimum absolute atomic E-state index is 0.296. The Kier molecular flexibility index (Phi) is 6.12. The van der Waals surface area contributed by atoms with Gasteiger partial charge in [0.05, 0.1) is 10.7 Å². The van der Waals surface area contributed by atoms with E-state index in [2.05, 4.69) is 5.32 Å². The van der Waals surface area contributed by atoms with Gasteiger partial charge >= 0.3 is 11.8 Å². The van der Waals surface area contributed by atoms with Gasteiger partial charge in [-0.3, -0.25) is 9.59 Å². The van der Waals surface area contributed by atoms with Crippen LogP contribution in [0.15, 0.2) is 18.2 Å². The Bertz CT molecular complexity index is 478. The van der Waals surface area contributed by atoms with Crippen molar-refractivity contribution in [2.24, 2.45) is 0 Å². The molecule has 4 nitrogen and oxygen atoms in total. The number of carbonyl (C=O) groups excluding carboxylic acids is 2. The Balaban J connectivity index is 2.66. The predicted molar refractivity (Wildman–Crippen MR) is 77.6 cm³/mol. The van der Waals surface area contributed by atoms with Crippen molar-refractivity contribution in [3.8, 4) is 0 Å². The van der Waals surface area contributed by atoms with Crippen LogP contribution in [0.4, 0.5) is 5.69 Å². The second kappa shape index (κ2) is 7.36. The van der Waals surface area contributed by atoms with Gasteiger partial charge in [-0.15, -0.1) is 0 Å². The summed E-state index contributed by atoms with van der Waals surface area (Å²) in [5.41, 5.74) is 0.369. The number of rotatable bonds is 4. The molecule has 1 aromatic carbocycles. The second-order valence-electron chi connectivity index (χ2n) is 4.16. The molecule has 0 aliphatic rings. The van der Waals surface area contributed by atoms with Crippen molar-refractivity contribution in [2.75, 3.05) is 18.9 Å². The molecule has 0 saturated heterocycles. The Hall–Kier alpha value is -1.26. The van der Waals surface area contributed by atoms with Gasteiger partial charge in [0.25, 0.3) is 0 Å². The maximum atomic E-state index is 11.8. The van der Waals surface area contributed by atoms with Gasteiger partial charge in [0.2, 0.25) is 0 Å². The number of unbranched alkanes of at least 4 members (excludes halogenated alkanes) is 1. The third-order valence-electron chi connectivity index (χ3n) is 2.57. The second-order valence-corrected chi connectivity index (χ2v) is 5.00. The number of halogens is 2. The normalized spacial score (nSPS) is 10.1. The summed E-state index contributed by atoms with van der Waals surface area (Å²) in [5.74, 6) is -1.29. The van der Waals surface area contributed by atoms with E-state index in [1.807, 2.05) is 6.92 Å².